The molecule has 1 fully saturated rings. The lowest BCUT2D eigenvalue weighted by molar-refractivity contribution is 0.0588. The quantitative estimate of drug-likeness (QED) is 0.303. The molecule has 0 radical (unpaired) electrons. The Morgan fingerprint density at radius 1 is 1.00 bits per heavy atom. The number of piperidine rings is 1. The van der Waals surface area contributed by atoms with Crippen molar-refractivity contribution in [3.8, 4) is 11.1 Å². The Bertz CT molecular complexity index is 1550. The number of carbonyl (C=O) groups is 2. The van der Waals surface area contributed by atoms with Gasteiger partial charge in [-0.05, 0) is 100 Å². The molecule has 1 N–H and O–H groups in total. The van der Waals surface area contributed by atoms with Crippen LogP contribution in [0.15, 0.2) is 60.9 Å². The average Bonchev–Trinajstić information content (AvgIpc) is 3.38. The van der Waals surface area contributed by atoms with Crippen LogP contribution < -0.4 is 4.90 Å². The Labute approximate surface area is 247 Å². The van der Waals surface area contributed by atoms with E-state index in [2.05, 4.69) is 38.1 Å². The summed E-state index contributed by atoms with van der Waals surface area (Å²) >= 11 is 0. The zero-order valence-corrected chi connectivity index (χ0v) is 25.3. The SMILES string of the molecule is CN(C)C(=O)c1ccc(C2CCN(Cc3cc4c(-c5ccc(N(C)C(=O)OC(C)(C)C)nc5)ccnc4[nH]3)CC2)cc1. The second-order valence-electron chi connectivity index (χ2n) is 12.2. The highest BCUT2D eigenvalue weighted by Gasteiger charge is 2.23. The van der Waals surface area contributed by atoms with Crippen molar-refractivity contribution in [1.82, 2.24) is 24.8 Å². The number of anilines is 1. The third-order valence-corrected chi connectivity index (χ3v) is 7.67. The summed E-state index contributed by atoms with van der Waals surface area (Å²) in [6.07, 6.45) is 5.32. The fraction of sp³-hybridized carbons (Fsp3) is 0.394. The number of rotatable bonds is 6. The molecule has 0 bridgehead atoms. The maximum atomic E-state index is 12.4. The third-order valence-electron chi connectivity index (χ3n) is 7.67. The standard InChI is InChI=1S/C33H40N6O3/c1-33(2,3)42-32(41)38(6)29-12-11-25(20-35-29)27-13-16-34-30-28(27)19-26(36-30)21-39-17-14-23(15-18-39)22-7-9-24(10-8-22)31(40)37(4)5/h7-13,16,19-20,23H,14-15,17-18,21H2,1-6H3,(H,34,36). The van der Waals surface area contributed by atoms with E-state index in [0.717, 1.165) is 65.9 Å². The number of H-pyrrole nitrogens is 1. The van der Waals surface area contributed by atoms with Gasteiger partial charge in [-0.3, -0.25) is 14.6 Å². The summed E-state index contributed by atoms with van der Waals surface area (Å²) in [4.78, 5) is 42.8. The molecule has 9 heteroatoms. The summed E-state index contributed by atoms with van der Waals surface area (Å²) < 4.78 is 5.46. The number of fused-ring (bicyclic) bond motifs is 1. The molecule has 4 aromatic rings. The molecule has 1 aliphatic heterocycles. The first kappa shape index (κ1) is 29.3. The van der Waals surface area contributed by atoms with Crippen molar-refractivity contribution in [3.63, 3.8) is 0 Å². The Kier molecular flexibility index (Phi) is 8.31. The first-order valence-corrected chi connectivity index (χ1v) is 14.4. The van der Waals surface area contributed by atoms with Gasteiger partial charge in [-0.15, -0.1) is 0 Å². The molecular weight excluding hydrogens is 528 g/mol. The molecule has 0 spiro atoms. The van der Waals surface area contributed by atoms with Crippen LogP contribution in [0.25, 0.3) is 22.2 Å². The lowest BCUT2D eigenvalue weighted by Gasteiger charge is -2.32. The molecule has 1 saturated heterocycles. The van der Waals surface area contributed by atoms with E-state index in [1.807, 2.05) is 57.3 Å². The largest absolute Gasteiger partial charge is 0.443 e. The van der Waals surface area contributed by atoms with Crippen LogP contribution in [-0.4, -0.2) is 76.6 Å². The molecule has 0 saturated carbocycles. The summed E-state index contributed by atoms with van der Waals surface area (Å²) in [7, 11) is 5.21. The van der Waals surface area contributed by atoms with Gasteiger partial charge >= 0.3 is 6.09 Å². The second kappa shape index (κ2) is 11.9. The zero-order valence-electron chi connectivity index (χ0n) is 25.3. The maximum absolute atomic E-state index is 12.4. The molecule has 0 atom stereocenters. The monoisotopic (exact) mass is 568 g/mol. The molecule has 9 nitrogen and oxygen atoms in total. The first-order chi connectivity index (χ1) is 20.0. The number of likely N-dealkylation sites (tertiary alicyclic amines) is 1. The number of carbonyl (C=O) groups excluding carboxylic acids is 2. The summed E-state index contributed by atoms with van der Waals surface area (Å²) in [5.41, 5.74) is 5.43. The van der Waals surface area contributed by atoms with Crippen molar-refractivity contribution in [1.29, 1.82) is 0 Å². The predicted octanol–water partition coefficient (Wildman–Crippen LogP) is 6.08. The molecular formula is C33H40N6O3. The van der Waals surface area contributed by atoms with Crippen LogP contribution in [0, 0.1) is 0 Å². The normalized spacial score (nSPS) is 14.6. The highest BCUT2D eigenvalue weighted by molar-refractivity contribution is 5.94. The van der Waals surface area contributed by atoms with Gasteiger partial charge in [0.05, 0.1) is 0 Å². The molecule has 0 unspecified atom stereocenters. The zero-order chi connectivity index (χ0) is 30.0. The second-order valence-corrected chi connectivity index (χ2v) is 12.2. The first-order valence-electron chi connectivity index (χ1n) is 14.4. The van der Waals surface area contributed by atoms with Crippen LogP contribution in [0.3, 0.4) is 0 Å². The fourth-order valence-corrected chi connectivity index (χ4v) is 5.41. The van der Waals surface area contributed by atoms with Crippen LogP contribution in [0.5, 0.6) is 0 Å². The van der Waals surface area contributed by atoms with E-state index < -0.39 is 11.7 Å². The van der Waals surface area contributed by atoms with E-state index in [-0.39, 0.29) is 5.91 Å². The van der Waals surface area contributed by atoms with E-state index >= 15 is 0 Å². The fourth-order valence-electron chi connectivity index (χ4n) is 5.41. The maximum Gasteiger partial charge on any atom is 0.415 e. The molecule has 1 aromatic carbocycles. The highest BCUT2D eigenvalue weighted by Crippen LogP contribution is 2.31. The minimum atomic E-state index is -0.573. The Morgan fingerprint density at radius 3 is 2.33 bits per heavy atom. The molecule has 5 rings (SSSR count). The van der Waals surface area contributed by atoms with E-state index in [4.69, 9.17) is 4.74 Å². The molecule has 0 aliphatic carbocycles. The number of pyridine rings is 2. The lowest BCUT2D eigenvalue weighted by Crippen LogP contribution is -2.34. The van der Waals surface area contributed by atoms with Crippen molar-refractivity contribution in [2.45, 2.75) is 51.7 Å². The summed E-state index contributed by atoms with van der Waals surface area (Å²) in [5, 5.41) is 1.05. The number of amides is 2. The number of aromatic amines is 1. The number of hydrogen-bond donors (Lipinski definition) is 1. The van der Waals surface area contributed by atoms with Crippen LogP contribution in [0.2, 0.25) is 0 Å². The minimum absolute atomic E-state index is 0.0337. The lowest BCUT2D eigenvalue weighted by atomic mass is 9.89. The summed E-state index contributed by atoms with van der Waals surface area (Å²) in [5.74, 6) is 1.06. The minimum Gasteiger partial charge on any atom is -0.443 e. The third kappa shape index (κ3) is 6.62. The van der Waals surface area contributed by atoms with Crippen LogP contribution in [0.4, 0.5) is 10.6 Å². The van der Waals surface area contributed by atoms with Gasteiger partial charge in [0.1, 0.15) is 17.1 Å². The van der Waals surface area contributed by atoms with Crippen molar-refractivity contribution in [2.24, 2.45) is 0 Å². The number of nitrogens with one attached hydrogen (secondary N) is 1. The topological polar surface area (TPSA) is 94.7 Å². The van der Waals surface area contributed by atoms with Crippen LogP contribution >= 0.6 is 0 Å². The van der Waals surface area contributed by atoms with Gasteiger partial charge in [0.2, 0.25) is 0 Å². The number of ether oxygens (including phenoxy) is 1. The number of hydrogen-bond acceptors (Lipinski definition) is 6. The molecule has 42 heavy (non-hydrogen) atoms. The van der Waals surface area contributed by atoms with Gasteiger partial charge in [-0.1, -0.05) is 12.1 Å². The summed E-state index contributed by atoms with van der Waals surface area (Å²) in [6.45, 7) is 8.37. The predicted molar refractivity (Wildman–Crippen MR) is 166 cm³/mol. The van der Waals surface area contributed by atoms with Crippen LogP contribution in [0.1, 0.15) is 61.1 Å². The van der Waals surface area contributed by atoms with Gasteiger partial charge < -0.3 is 14.6 Å². The Balaban J connectivity index is 1.23. The van der Waals surface area contributed by atoms with E-state index in [1.165, 1.54) is 10.5 Å². The van der Waals surface area contributed by atoms with Gasteiger partial charge in [-0.2, -0.15) is 0 Å². The van der Waals surface area contributed by atoms with Crippen LogP contribution in [-0.2, 0) is 11.3 Å². The molecule has 1 aliphatic rings. The van der Waals surface area contributed by atoms with Gasteiger partial charge in [0, 0.05) is 62.3 Å². The Morgan fingerprint density at radius 2 is 1.71 bits per heavy atom. The number of nitrogens with zero attached hydrogens (tertiary/aromatic N) is 5. The molecule has 3 aromatic heterocycles. The van der Waals surface area contributed by atoms with Gasteiger partial charge in [0.15, 0.2) is 0 Å². The van der Waals surface area contributed by atoms with E-state index in [9.17, 15) is 9.59 Å². The number of aromatic nitrogens is 3. The van der Waals surface area contributed by atoms with Crippen molar-refractivity contribution in [3.05, 3.63) is 77.7 Å². The average molecular weight is 569 g/mol. The van der Waals surface area contributed by atoms with Crippen molar-refractivity contribution in [2.75, 3.05) is 39.1 Å². The molecule has 220 valence electrons. The van der Waals surface area contributed by atoms with Crippen molar-refractivity contribution >= 4 is 28.9 Å². The van der Waals surface area contributed by atoms with E-state index in [1.54, 1.807) is 32.2 Å². The summed E-state index contributed by atoms with van der Waals surface area (Å²) in [6, 6.07) is 16.1. The van der Waals surface area contributed by atoms with Crippen molar-refractivity contribution < 1.29 is 14.3 Å². The molecule has 4 heterocycles. The van der Waals surface area contributed by atoms with Gasteiger partial charge in [0.25, 0.3) is 5.91 Å². The smallest absolute Gasteiger partial charge is 0.415 e. The molecule has 2 amide bonds. The van der Waals surface area contributed by atoms with Gasteiger partial charge in [-0.25, -0.2) is 14.8 Å². The number of benzene rings is 1. The van der Waals surface area contributed by atoms with E-state index in [0.29, 0.717) is 11.7 Å². The highest BCUT2D eigenvalue weighted by atomic mass is 16.6. The Hall–Kier alpha value is -4.24.